The molecule has 1 N–H and O–H groups in total. The summed E-state index contributed by atoms with van der Waals surface area (Å²) < 4.78 is 12.3. The fraction of sp³-hybridized carbons (Fsp3) is 0.318. The predicted octanol–water partition coefficient (Wildman–Crippen LogP) is 5.43. The molecule has 3 aromatic rings. The van der Waals surface area contributed by atoms with Gasteiger partial charge >= 0.3 is 0 Å². The van der Waals surface area contributed by atoms with Gasteiger partial charge in [0.05, 0.1) is 15.4 Å². The summed E-state index contributed by atoms with van der Waals surface area (Å²) in [5.74, 6) is 0.808. The van der Waals surface area contributed by atoms with Gasteiger partial charge in [-0.25, -0.2) is 0 Å². The molecule has 28 heavy (non-hydrogen) atoms. The Labute approximate surface area is 171 Å². The molecule has 0 atom stereocenters. The molecule has 0 amide bonds. The number of hydrogen-bond donors (Lipinski definition) is 1. The molecular weight excluding hydrogens is 422 g/mol. The van der Waals surface area contributed by atoms with E-state index in [2.05, 4.69) is 20.8 Å². The summed E-state index contributed by atoms with van der Waals surface area (Å²) in [5.41, 5.74) is 0.826. The van der Waals surface area contributed by atoms with Crippen LogP contribution < -0.4 is 10.2 Å². The van der Waals surface area contributed by atoms with E-state index in [1.165, 1.54) is 19.1 Å². The number of likely N-dealkylation sites (tertiary alicyclic amines) is 1. The first-order valence-electron chi connectivity index (χ1n) is 9.54. The average molecular weight is 444 g/mol. The van der Waals surface area contributed by atoms with Crippen LogP contribution in [0.15, 0.2) is 56.3 Å². The van der Waals surface area contributed by atoms with E-state index < -0.39 is 0 Å². The van der Waals surface area contributed by atoms with Crippen molar-refractivity contribution < 1.29 is 14.3 Å². The van der Waals surface area contributed by atoms with Crippen LogP contribution in [-0.2, 0) is 6.54 Å². The van der Waals surface area contributed by atoms with Crippen LogP contribution in [-0.4, -0.2) is 23.1 Å². The Bertz CT molecular complexity index is 1040. The number of para-hydroxylation sites is 1. The van der Waals surface area contributed by atoms with E-state index in [1.54, 1.807) is 18.2 Å². The molecule has 2 heterocycles. The average Bonchev–Trinajstić information content (AvgIpc) is 2.96. The molecule has 1 aliphatic heterocycles. The second-order valence-electron chi connectivity index (χ2n) is 7.09. The maximum absolute atomic E-state index is 13.0. The van der Waals surface area contributed by atoms with Gasteiger partial charge in [0.15, 0.2) is 0 Å². The Morgan fingerprint density at radius 2 is 1.79 bits per heavy atom. The number of aromatic hydroxyl groups is 1. The largest absolute Gasteiger partial charge is 0.507 e. The molecule has 0 saturated carbocycles. The summed E-state index contributed by atoms with van der Waals surface area (Å²) in [4.78, 5) is 15.3. The van der Waals surface area contributed by atoms with Gasteiger partial charge < -0.3 is 14.3 Å². The molecule has 146 valence electrons. The van der Waals surface area contributed by atoms with Crippen LogP contribution in [0.2, 0.25) is 0 Å². The van der Waals surface area contributed by atoms with Gasteiger partial charge in [-0.3, -0.25) is 9.69 Å². The van der Waals surface area contributed by atoms with Gasteiger partial charge in [-0.05, 0) is 66.1 Å². The van der Waals surface area contributed by atoms with Crippen molar-refractivity contribution >= 4 is 26.9 Å². The molecule has 0 unspecified atom stereocenters. The van der Waals surface area contributed by atoms with E-state index in [9.17, 15) is 9.90 Å². The maximum atomic E-state index is 13.0. The third-order valence-electron chi connectivity index (χ3n) is 5.12. The fourth-order valence-corrected chi connectivity index (χ4v) is 3.98. The van der Waals surface area contributed by atoms with E-state index >= 15 is 0 Å². The summed E-state index contributed by atoms with van der Waals surface area (Å²) in [6.45, 7) is 2.54. The molecule has 6 heteroatoms. The number of benzene rings is 2. The van der Waals surface area contributed by atoms with Crippen molar-refractivity contribution in [3.63, 3.8) is 0 Å². The lowest BCUT2D eigenvalue weighted by atomic mass is 10.1. The predicted molar refractivity (Wildman–Crippen MR) is 112 cm³/mol. The Hall–Kier alpha value is -2.31. The molecule has 1 aliphatic rings. The smallest absolute Gasteiger partial charge is 0.235 e. The van der Waals surface area contributed by atoms with Crippen LogP contribution in [0.1, 0.15) is 31.2 Å². The molecule has 1 saturated heterocycles. The Morgan fingerprint density at radius 3 is 2.54 bits per heavy atom. The van der Waals surface area contributed by atoms with Crippen LogP contribution in [0.3, 0.4) is 0 Å². The van der Waals surface area contributed by atoms with Gasteiger partial charge in [0.2, 0.25) is 11.2 Å². The van der Waals surface area contributed by atoms with Crippen molar-refractivity contribution in [2.75, 3.05) is 13.1 Å². The molecule has 0 aliphatic carbocycles. The van der Waals surface area contributed by atoms with Crippen molar-refractivity contribution in [1.29, 1.82) is 0 Å². The molecule has 1 aromatic heterocycles. The fourth-order valence-electron chi connectivity index (χ4n) is 3.62. The first kappa shape index (κ1) is 19.0. The van der Waals surface area contributed by atoms with Gasteiger partial charge in [-0.2, -0.15) is 0 Å². The summed E-state index contributed by atoms with van der Waals surface area (Å²) in [6.07, 6.45) is 6.11. The molecule has 1 fully saturated rings. The van der Waals surface area contributed by atoms with Crippen molar-refractivity contribution in [3.8, 4) is 17.2 Å². The molecular formula is C22H22BrNO4. The van der Waals surface area contributed by atoms with Crippen LogP contribution in [0, 0.1) is 0 Å². The number of fused-ring (bicyclic) bond motifs is 1. The van der Waals surface area contributed by atoms with Crippen LogP contribution in [0.4, 0.5) is 0 Å². The van der Waals surface area contributed by atoms with Gasteiger partial charge in [-0.15, -0.1) is 0 Å². The van der Waals surface area contributed by atoms with E-state index in [0.717, 1.165) is 30.4 Å². The van der Waals surface area contributed by atoms with Gasteiger partial charge in [0.25, 0.3) is 0 Å². The summed E-state index contributed by atoms with van der Waals surface area (Å²) in [5, 5.41) is 10.8. The monoisotopic (exact) mass is 443 g/mol. The second-order valence-corrected chi connectivity index (χ2v) is 7.95. The standard InChI is InChI=1S/C22H22BrNO4/c23-17-7-3-4-8-19(17)28-20-14-27-22-15(21(20)26)9-10-18(25)16(22)13-24-11-5-1-2-6-12-24/h3-4,7-10,14,25H,1-2,5-6,11-13H2. The third-order valence-corrected chi connectivity index (χ3v) is 5.78. The molecule has 2 aromatic carbocycles. The SMILES string of the molecule is O=c1c(Oc2ccccc2Br)coc2c(CN3CCCCCC3)c(O)ccc12. The number of phenolic OH excluding ortho intramolecular Hbond substituents is 1. The maximum Gasteiger partial charge on any atom is 0.235 e. The summed E-state index contributed by atoms with van der Waals surface area (Å²) in [6, 6.07) is 10.5. The quantitative estimate of drug-likeness (QED) is 0.582. The number of rotatable bonds is 4. The first-order chi connectivity index (χ1) is 13.6. The van der Waals surface area contributed by atoms with Crippen LogP contribution >= 0.6 is 15.9 Å². The minimum Gasteiger partial charge on any atom is -0.507 e. The zero-order chi connectivity index (χ0) is 19.5. The van der Waals surface area contributed by atoms with E-state index in [1.807, 2.05) is 18.2 Å². The van der Waals surface area contributed by atoms with Crippen molar-refractivity contribution in [2.24, 2.45) is 0 Å². The molecule has 0 spiro atoms. The summed E-state index contributed by atoms with van der Waals surface area (Å²) >= 11 is 3.41. The zero-order valence-electron chi connectivity index (χ0n) is 15.5. The van der Waals surface area contributed by atoms with Gasteiger partial charge in [-0.1, -0.05) is 25.0 Å². The third kappa shape index (κ3) is 3.93. The molecule has 0 bridgehead atoms. The minimum atomic E-state index is -0.255. The van der Waals surface area contributed by atoms with Crippen molar-refractivity contribution in [2.45, 2.75) is 32.2 Å². The lowest BCUT2D eigenvalue weighted by molar-refractivity contribution is 0.272. The van der Waals surface area contributed by atoms with Gasteiger partial charge in [0, 0.05) is 6.54 Å². The molecule has 0 radical (unpaired) electrons. The normalized spacial score (nSPS) is 15.5. The van der Waals surface area contributed by atoms with E-state index in [4.69, 9.17) is 9.15 Å². The highest BCUT2D eigenvalue weighted by molar-refractivity contribution is 9.10. The Morgan fingerprint density at radius 1 is 1.04 bits per heavy atom. The van der Waals surface area contributed by atoms with Crippen LogP contribution in [0.5, 0.6) is 17.2 Å². The molecule has 4 rings (SSSR count). The minimum absolute atomic E-state index is 0.116. The highest BCUT2D eigenvalue weighted by atomic mass is 79.9. The number of halogens is 1. The van der Waals surface area contributed by atoms with Crippen LogP contribution in [0.25, 0.3) is 11.0 Å². The zero-order valence-corrected chi connectivity index (χ0v) is 17.1. The number of ether oxygens (including phenoxy) is 1. The Kier molecular flexibility index (Phi) is 5.69. The topological polar surface area (TPSA) is 62.9 Å². The highest BCUT2D eigenvalue weighted by Crippen LogP contribution is 2.32. The second kappa shape index (κ2) is 8.37. The number of nitrogens with zero attached hydrogens (tertiary/aromatic N) is 1. The number of phenols is 1. The molecule has 5 nitrogen and oxygen atoms in total. The number of hydrogen-bond acceptors (Lipinski definition) is 5. The lowest BCUT2D eigenvalue weighted by Gasteiger charge is -2.20. The first-order valence-corrected chi connectivity index (χ1v) is 10.3. The van der Waals surface area contributed by atoms with E-state index in [0.29, 0.717) is 28.8 Å². The summed E-state index contributed by atoms with van der Waals surface area (Å²) in [7, 11) is 0. The van der Waals surface area contributed by atoms with Crippen molar-refractivity contribution in [1.82, 2.24) is 4.90 Å². The Balaban J connectivity index is 1.70. The van der Waals surface area contributed by atoms with Gasteiger partial charge in [0.1, 0.15) is 23.3 Å². The van der Waals surface area contributed by atoms with Crippen molar-refractivity contribution in [3.05, 3.63) is 62.9 Å². The van der Waals surface area contributed by atoms with E-state index in [-0.39, 0.29) is 16.9 Å². The highest BCUT2D eigenvalue weighted by Gasteiger charge is 2.19. The lowest BCUT2D eigenvalue weighted by Crippen LogP contribution is -2.24.